The van der Waals surface area contributed by atoms with Crippen molar-refractivity contribution in [3.63, 3.8) is 0 Å². The summed E-state index contributed by atoms with van der Waals surface area (Å²) >= 11 is 0. The molecule has 0 saturated carbocycles. The van der Waals surface area contributed by atoms with Gasteiger partial charge >= 0.3 is 0 Å². The molecule has 2 heterocycles. The van der Waals surface area contributed by atoms with Crippen LogP contribution in [0.5, 0.6) is 5.75 Å². The highest BCUT2D eigenvalue weighted by atomic mass is 16.5. The average Bonchev–Trinajstić information content (AvgIpc) is 3.07. The number of nitrogens with one attached hydrogen (secondary N) is 1. The SMILES string of the molecule is COc1ccccc1/C=C/c1nc2ncccn2c1Nc1c(C)cccc1C. The zero-order valence-corrected chi connectivity index (χ0v) is 16.2. The Kier molecular flexibility index (Phi) is 4.81. The smallest absolute Gasteiger partial charge is 0.235 e. The van der Waals surface area contributed by atoms with E-state index in [4.69, 9.17) is 9.72 Å². The van der Waals surface area contributed by atoms with Crippen LogP contribution in [0.25, 0.3) is 17.9 Å². The van der Waals surface area contributed by atoms with Crippen LogP contribution >= 0.6 is 0 Å². The second-order valence-corrected chi connectivity index (χ2v) is 6.60. The van der Waals surface area contributed by atoms with Crippen molar-refractivity contribution >= 4 is 29.4 Å². The molecule has 2 aromatic carbocycles. The van der Waals surface area contributed by atoms with Crippen LogP contribution in [0.4, 0.5) is 11.5 Å². The van der Waals surface area contributed by atoms with E-state index in [1.165, 1.54) is 11.1 Å². The molecule has 28 heavy (non-hydrogen) atoms. The molecule has 4 aromatic rings. The number of imidazole rings is 1. The van der Waals surface area contributed by atoms with Crippen molar-refractivity contribution in [2.45, 2.75) is 13.8 Å². The van der Waals surface area contributed by atoms with Crippen molar-refractivity contribution in [1.29, 1.82) is 0 Å². The number of methoxy groups -OCH3 is 1. The fourth-order valence-electron chi connectivity index (χ4n) is 3.25. The molecule has 0 fully saturated rings. The van der Waals surface area contributed by atoms with Gasteiger partial charge < -0.3 is 10.1 Å². The van der Waals surface area contributed by atoms with Crippen LogP contribution in [-0.4, -0.2) is 21.5 Å². The molecule has 5 nitrogen and oxygen atoms in total. The minimum Gasteiger partial charge on any atom is -0.496 e. The lowest BCUT2D eigenvalue weighted by Crippen LogP contribution is -2.00. The molecule has 0 aliphatic rings. The topological polar surface area (TPSA) is 51.5 Å². The lowest BCUT2D eigenvalue weighted by atomic mass is 10.1. The van der Waals surface area contributed by atoms with Gasteiger partial charge in [-0.2, -0.15) is 0 Å². The van der Waals surface area contributed by atoms with E-state index < -0.39 is 0 Å². The van der Waals surface area contributed by atoms with E-state index in [9.17, 15) is 0 Å². The monoisotopic (exact) mass is 370 g/mol. The quantitative estimate of drug-likeness (QED) is 0.520. The maximum absolute atomic E-state index is 5.45. The molecular weight excluding hydrogens is 348 g/mol. The summed E-state index contributed by atoms with van der Waals surface area (Å²) in [4.78, 5) is 9.09. The van der Waals surface area contributed by atoms with Gasteiger partial charge in [0.25, 0.3) is 0 Å². The van der Waals surface area contributed by atoms with Crippen molar-refractivity contribution < 1.29 is 4.74 Å². The molecule has 4 rings (SSSR count). The number of para-hydroxylation sites is 2. The Hall–Kier alpha value is -3.60. The molecule has 0 unspecified atom stereocenters. The van der Waals surface area contributed by atoms with Crippen LogP contribution in [0.2, 0.25) is 0 Å². The van der Waals surface area contributed by atoms with E-state index in [0.717, 1.165) is 28.5 Å². The van der Waals surface area contributed by atoms with E-state index in [0.29, 0.717) is 5.78 Å². The van der Waals surface area contributed by atoms with Crippen molar-refractivity contribution in [2.75, 3.05) is 12.4 Å². The predicted molar refractivity (Wildman–Crippen MR) is 114 cm³/mol. The Morgan fingerprint density at radius 3 is 2.54 bits per heavy atom. The fraction of sp³-hybridized carbons (Fsp3) is 0.130. The molecule has 0 radical (unpaired) electrons. The van der Waals surface area contributed by atoms with Gasteiger partial charge in [0, 0.05) is 23.6 Å². The zero-order chi connectivity index (χ0) is 19.5. The minimum atomic E-state index is 0.649. The summed E-state index contributed by atoms with van der Waals surface area (Å²) < 4.78 is 7.41. The van der Waals surface area contributed by atoms with E-state index in [2.05, 4.69) is 42.3 Å². The van der Waals surface area contributed by atoms with Crippen LogP contribution < -0.4 is 10.1 Å². The first-order valence-electron chi connectivity index (χ1n) is 9.15. The second-order valence-electron chi connectivity index (χ2n) is 6.60. The second kappa shape index (κ2) is 7.56. The summed E-state index contributed by atoms with van der Waals surface area (Å²) in [5.41, 5.74) is 5.25. The van der Waals surface area contributed by atoms with Gasteiger partial charge in [0.1, 0.15) is 17.3 Å². The Balaban J connectivity index is 1.81. The number of aromatic nitrogens is 3. The summed E-state index contributed by atoms with van der Waals surface area (Å²) in [7, 11) is 1.68. The van der Waals surface area contributed by atoms with Gasteiger partial charge in [0.15, 0.2) is 0 Å². The van der Waals surface area contributed by atoms with Crippen LogP contribution in [0.3, 0.4) is 0 Å². The highest BCUT2D eigenvalue weighted by Gasteiger charge is 2.13. The Labute approximate surface area is 164 Å². The van der Waals surface area contributed by atoms with Gasteiger partial charge in [0.05, 0.1) is 7.11 Å². The van der Waals surface area contributed by atoms with Gasteiger partial charge in [-0.05, 0) is 49.3 Å². The summed E-state index contributed by atoms with van der Waals surface area (Å²) in [6.07, 6.45) is 7.71. The van der Waals surface area contributed by atoms with E-state index >= 15 is 0 Å². The van der Waals surface area contributed by atoms with Gasteiger partial charge in [-0.25, -0.2) is 9.97 Å². The highest BCUT2D eigenvalue weighted by Crippen LogP contribution is 2.29. The zero-order valence-electron chi connectivity index (χ0n) is 16.2. The van der Waals surface area contributed by atoms with E-state index in [1.54, 1.807) is 13.3 Å². The number of benzene rings is 2. The summed E-state index contributed by atoms with van der Waals surface area (Å²) in [6, 6.07) is 16.1. The normalized spacial score (nSPS) is 11.2. The number of hydrogen-bond acceptors (Lipinski definition) is 4. The first-order chi connectivity index (χ1) is 13.7. The molecule has 1 N–H and O–H groups in total. The molecule has 0 amide bonds. The summed E-state index contributed by atoms with van der Waals surface area (Å²) in [5.74, 6) is 2.35. The number of anilines is 2. The van der Waals surface area contributed by atoms with Crippen LogP contribution in [0, 0.1) is 13.8 Å². The number of fused-ring (bicyclic) bond motifs is 1. The minimum absolute atomic E-state index is 0.649. The van der Waals surface area contributed by atoms with Gasteiger partial charge in [-0.1, -0.05) is 36.4 Å². The highest BCUT2D eigenvalue weighted by molar-refractivity contribution is 5.80. The third kappa shape index (κ3) is 3.34. The Bertz CT molecular complexity index is 1140. The molecule has 0 bridgehead atoms. The Morgan fingerprint density at radius 1 is 0.964 bits per heavy atom. The molecule has 2 aromatic heterocycles. The number of aryl methyl sites for hydroxylation is 2. The number of nitrogens with zero attached hydrogens (tertiary/aromatic N) is 3. The number of rotatable bonds is 5. The first kappa shape index (κ1) is 17.8. The molecule has 140 valence electrons. The number of ether oxygens (including phenoxy) is 1. The molecular formula is C23H22N4O. The van der Waals surface area contributed by atoms with Crippen molar-refractivity contribution in [1.82, 2.24) is 14.4 Å². The summed E-state index contributed by atoms with van der Waals surface area (Å²) in [5, 5.41) is 3.57. The number of hydrogen-bond donors (Lipinski definition) is 1. The van der Waals surface area contributed by atoms with E-state index in [-0.39, 0.29) is 0 Å². The third-order valence-corrected chi connectivity index (χ3v) is 4.71. The standard InChI is InChI=1S/C23H22N4O/c1-16-8-6-9-17(2)21(16)26-22-19(25-23-24-14-7-15-27(22)23)13-12-18-10-4-5-11-20(18)28-3/h4-15,26H,1-3H3/b13-12+. The lowest BCUT2D eigenvalue weighted by molar-refractivity contribution is 0.414. The van der Waals surface area contributed by atoms with Crippen LogP contribution in [0.15, 0.2) is 60.9 Å². The molecule has 0 saturated heterocycles. The fourth-order valence-corrected chi connectivity index (χ4v) is 3.25. The molecule has 0 aliphatic heterocycles. The van der Waals surface area contributed by atoms with E-state index in [1.807, 2.05) is 53.1 Å². The van der Waals surface area contributed by atoms with Gasteiger partial charge in [-0.3, -0.25) is 4.40 Å². The largest absolute Gasteiger partial charge is 0.496 e. The van der Waals surface area contributed by atoms with Crippen molar-refractivity contribution in [3.05, 3.63) is 83.3 Å². The van der Waals surface area contributed by atoms with Gasteiger partial charge in [-0.15, -0.1) is 0 Å². The first-order valence-corrected chi connectivity index (χ1v) is 9.15. The predicted octanol–water partition coefficient (Wildman–Crippen LogP) is 5.27. The molecule has 0 atom stereocenters. The molecule has 0 spiro atoms. The van der Waals surface area contributed by atoms with Crippen LogP contribution in [0.1, 0.15) is 22.4 Å². The van der Waals surface area contributed by atoms with Crippen LogP contribution in [-0.2, 0) is 0 Å². The third-order valence-electron chi connectivity index (χ3n) is 4.71. The maximum Gasteiger partial charge on any atom is 0.235 e. The Morgan fingerprint density at radius 2 is 1.75 bits per heavy atom. The average molecular weight is 370 g/mol. The van der Waals surface area contributed by atoms with Gasteiger partial charge in [0.2, 0.25) is 5.78 Å². The maximum atomic E-state index is 5.45. The lowest BCUT2D eigenvalue weighted by Gasteiger charge is -2.13. The van der Waals surface area contributed by atoms with Crippen molar-refractivity contribution in [3.8, 4) is 5.75 Å². The summed E-state index contributed by atoms with van der Waals surface area (Å²) in [6.45, 7) is 4.20. The molecule has 0 aliphatic carbocycles. The molecule has 5 heteroatoms. The van der Waals surface area contributed by atoms with Crippen molar-refractivity contribution in [2.24, 2.45) is 0 Å².